The molecule has 2 aromatic heterocycles. The van der Waals surface area contributed by atoms with Crippen LogP contribution in [0.5, 0.6) is 0 Å². The number of nitrogens with zero attached hydrogens (tertiary/aromatic N) is 2. The number of halogens is 1. The van der Waals surface area contributed by atoms with Crippen LogP contribution in [0.1, 0.15) is 19.5 Å². The number of nitrogens with one attached hydrogen (secondary N) is 2. The molecule has 0 unspecified atom stereocenters. The van der Waals surface area contributed by atoms with E-state index in [4.69, 9.17) is 5.73 Å². The third kappa shape index (κ3) is 3.78. The Kier molecular flexibility index (Phi) is 4.81. The monoisotopic (exact) mass is 353 g/mol. The molecule has 1 aromatic carbocycles. The molecule has 7 heteroatoms. The lowest BCUT2D eigenvalue weighted by molar-refractivity contribution is -0.125. The zero-order valence-corrected chi connectivity index (χ0v) is 14.6. The average Bonchev–Trinajstić information content (AvgIpc) is 3.04. The predicted octanol–water partition coefficient (Wildman–Crippen LogP) is 2.63. The SMILES string of the molecule is CC(C)(N)C(=O)NCc1[nH]nc(-c2ccc(F)cc2)c1-c1ccncc1. The summed E-state index contributed by atoms with van der Waals surface area (Å²) in [5, 5.41) is 10.2. The van der Waals surface area contributed by atoms with Crippen molar-refractivity contribution >= 4 is 5.91 Å². The van der Waals surface area contributed by atoms with E-state index in [1.54, 1.807) is 38.4 Å². The summed E-state index contributed by atoms with van der Waals surface area (Å²) in [6, 6.07) is 9.83. The fourth-order valence-electron chi connectivity index (χ4n) is 2.55. The van der Waals surface area contributed by atoms with Gasteiger partial charge in [-0.1, -0.05) is 0 Å². The van der Waals surface area contributed by atoms with E-state index < -0.39 is 5.54 Å². The van der Waals surface area contributed by atoms with Gasteiger partial charge in [-0.25, -0.2) is 4.39 Å². The summed E-state index contributed by atoms with van der Waals surface area (Å²) < 4.78 is 13.3. The summed E-state index contributed by atoms with van der Waals surface area (Å²) in [4.78, 5) is 16.1. The first kappa shape index (κ1) is 17.8. The molecule has 134 valence electrons. The van der Waals surface area contributed by atoms with E-state index in [2.05, 4.69) is 20.5 Å². The summed E-state index contributed by atoms with van der Waals surface area (Å²) in [7, 11) is 0. The molecule has 0 saturated carbocycles. The number of benzene rings is 1. The van der Waals surface area contributed by atoms with E-state index in [1.807, 2.05) is 12.1 Å². The second-order valence-corrected chi connectivity index (χ2v) is 6.57. The maximum Gasteiger partial charge on any atom is 0.239 e. The minimum atomic E-state index is -0.976. The van der Waals surface area contributed by atoms with Crippen molar-refractivity contribution in [2.24, 2.45) is 5.73 Å². The zero-order chi connectivity index (χ0) is 18.7. The predicted molar refractivity (Wildman–Crippen MR) is 97.3 cm³/mol. The topological polar surface area (TPSA) is 96.7 Å². The maximum atomic E-state index is 13.3. The molecule has 0 aliphatic heterocycles. The van der Waals surface area contributed by atoms with Gasteiger partial charge in [0.15, 0.2) is 0 Å². The van der Waals surface area contributed by atoms with Crippen molar-refractivity contribution in [2.45, 2.75) is 25.9 Å². The highest BCUT2D eigenvalue weighted by molar-refractivity contribution is 5.86. The fourth-order valence-corrected chi connectivity index (χ4v) is 2.55. The summed E-state index contributed by atoms with van der Waals surface area (Å²) in [6.07, 6.45) is 3.37. The molecular weight excluding hydrogens is 333 g/mol. The van der Waals surface area contributed by atoms with Crippen LogP contribution in [0.15, 0.2) is 48.8 Å². The molecule has 0 saturated heterocycles. The van der Waals surface area contributed by atoms with Crippen molar-refractivity contribution in [1.82, 2.24) is 20.5 Å². The number of nitrogens with two attached hydrogens (primary N) is 1. The van der Waals surface area contributed by atoms with E-state index in [1.165, 1.54) is 12.1 Å². The van der Waals surface area contributed by atoms with Crippen LogP contribution >= 0.6 is 0 Å². The quantitative estimate of drug-likeness (QED) is 0.657. The van der Waals surface area contributed by atoms with Crippen molar-refractivity contribution in [3.8, 4) is 22.4 Å². The van der Waals surface area contributed by atoms with Crippen molar-refractivity contribution < 1.29 is 9.18 Å². The number of amides is 1. The molecule has 0 fully saturated rings. The highest BCUT2D eigenvalue weighted by Crippen LogP contribution is 2.33. The molecule has 0 aliphatic rings. The Hall–Kier alpha value is -3.06. The van der Waals surface area contributed by atoms with Crippen LogP contribution in [0.3, 0.4) is 0 Å². The molecule has 0 aliphatic carbocycles. The zero-order valence-electron chi connectivity index (χ0n) is 14.6. The van der Waals surface area contributed by atoms with Crippen LogP contribution in [0.2, 0.25) is 0 Å². The molecule has 2 heterocycles. The Balaban J connectivity index is 2.00. The van der Waals surface area contributed by atoms with E-state index in [-0.39, 0.29) is 18.3 Å². The van der Waals surface area contributed by atoms with Crippen LogP contribution in [0.25, 0.3) is 22.4 Å². The van der Waals surface area contributed by atoms with Crippen LogP contribution in [0.4, 0.5) is 4.39 Å². The Morgan fingerprint density at radius 3 is 2.42 bits per heavy atom. The number of H-pyrrole nitrogens is 1. The van der Waals surface area contributed by atoms with Gasteiger partial charge in [0.1, 0.15) is 11.5 Å². The van der Waals surface area contributed by atoms with Crippen LogP contribution < -0.4 is 11.1 Å². The summed E-state index contributed by atoms with van der Waals surface area (Å²) in [6.45, 7) is 3.53. The van der Waals surface area contributed by atoms with Gasteiger partial charge in [-0.2, -0.15) is 5.10 Å². The van der Waals surface area contributed by atoms with Gasteiger partial charge in [-0.3, -0.25) is 14.9 Å². The van der Waals surface area contributed by atoms with Gasteiger partial charge < -0.3 is 11.1 Å². The number of aromatic nitrogens is 3. The number of hydrogen-bond acceptors (Lipinski definition) is 4. The Labute approximate surface area is 150 Å². The number of hydrogen-bond donors (Lipinski definition) is 3. The van der Waals surface area contributed by atoms with Crippen molar-refractivity contribution in [3.63, 3.8) is 0 Å². The summed E-state index contributed by atoms with van der Waals surface area (Å²) in [5.74, 6) is -0.580. The van der Waals surface area contributed by atoms with Crippen LogP contribution in [0, 0.1) is 5.82 Å². The lowest BCUT2D eigenvalue weighted by Gasteiger charge is -2.17. The van der Waals surface area contributed by atoms with E-state index in [9.17, 15) is 9.18 Å². The fraction of sp³-hybridized carbons (Fsp3) is 0.211. The van der Waals surface area contributed by atoms with E-state index >= 15 is 0 Å². The molecule has 0 atom stereocenters. The third-order valence-corrected chi connectivity index (χ3v) is 3.94. The molecule has 0 spiro atoms. The van der Waals surface area contributed by atoms with Crippen molar-refractivity contribution in [2.75, 3.05) is 0 Å². The van der Waals surface area contributed by atoms with Gasteiger partial charge in [0.25, 0.3) is 0 Å². The first-order chi connectivity index (χ1) is 12.4. The van der Waals surface area contributed by atoms with Gasteiger partial charge >= 0.3 is 0 Å². The lowest BCUT2D eigenvalue weighted by atomic mass is 9.99. The molecular formula is C19H20FN5O. The van der Waals surface area contributed by atoms with Gasteiger partial charge in [-0.05, 0) is 55.8 Å². The largest absolute Gasteiger partial charge is 0.349 e. The van der Waals surface area contributed by atoms with Crippen LogP contribution in [-0.4, -0.2) is 26.6 Å². The number of rotatable bonds is 5. The second-order valence-electron chi connectivity index (χ2n) is 6.57. The highest BCUT2D eigenvalue weighted by Gasteiger charge is 2.23. The first-order valence-electron chi connectivity index (χ1n) is 8.17. The molecule has 26 heavy (non-hydrogen) atoms. The van der Waals surface area contributed by atoms with E-state index in [0.29, 0.717) is 5.69 Å². The number of carbonyl (C=O) groups is 1. The number of pyridine rings is 1. The summed E-state index contributed by atoms with van der Waals surface area (Å²) in [5.41, 5.74) is 8.74. The first-order valence-corrected chi connectivity index (χ1v) is 8.17. The normalized spacial score (nSPS) is 11.4. The standard InChI is InChI=1S/C19H20FN5O/c1-19(2,21)18(26)23-11-15-16(12-7-9-22-10-8-12)17(25-24-15)13-3-5-14(20)6-4-13/h3-10H,11,21H2,1-2H3,(H,23,26)(H,24,25). The third-order valence-electron chi connectivity index (χ3n) is 3.94. The summed E-state index contributed by atoms with van der Waals surface area (Å²) >= 11 is 0. The van der Waals surface area contributed by atoms with Crippen LogP contribution in [-0.2, 0) is 11.3 Å². The number of aromatic amines is 1. The molecule has 1 amide bonds. The maximum absolute atomic E-state index is 13.3. The van der Waals surface area contributed by atoms with Gasteiger partial charge in [0.05, 0.1) is 17.8 Å². The molecule has 3 aromatic rings. The Bertz CT molecular complexity index is 898. The molecule has 3 rings (SSSR count). The minimum absolute atomic E-state index is 0.241. The van der Waals surface area contributed by atoms with E-state index in [0.717, 1.165) is 22.4 Å². The van der Waals surface area contributed by atoms with Gasteiger partial charge in [0.2, 0.25) is 5.91 Å². The Morgan fingerprint density at radius 1 is 1.15 bits per heavy atom. The average molecular weight is 353 g/mol. The molecule has 4 N–H and O–H groups in total. The lowest BCUT2D eigenvalue weighted by Crippen LogP contribution is -2.48. The molecule has 0 radical (unpaired) electrons. The second kappa shape index (κ2) is 7.05. The Morgan fingerprint density at radius 2 is 1.81 bits per heavy atom. The minimum Gasteiger partial charge on any atom is -0.349 e. The molecule has 0 bridgehead atoms. The van der Waals surface area contributed by atoms with Crippen molar-refractivity contribution in [1.29, 1.82) is 0 Å². The smallest absolute Gasteiger partial charge is 0.239 e. The van der Waals surface area contributed by atoms with Gasteiger partial charge in [-0.15, -0.1) is 0 Å². The highest BCUT2D eigenvalue weighted by atomic mass is 19.1. The van der Waals surface area contributed by atoms with Crippen molar-refractivity contribution in [3.05, 3.63) is 60.3 Å². The van der Waals surface area contributed by atoms with Gasteiger partial charge in [0, 0.05) is 23.5 Å². The number of carbonyl (C=O) groups excluding carboxylic acids is 1. The molecule has 6 nitrogen and oxygen atoms in total.